The summed E-state index contributed by atoms with van der Waals surface area (Å²) in [6.45, 7) is 13.9. The van der Waals surface area contributed by atoms with E-state index in [-0.39, 0.29) is 24.3 Å². The number of rotatable bonds is 4. The number of para-hydroxylation sites is 2. The van der Waals surface area contributed by atoms with Crippen molar-refractivity contribution in [2.45, 2.75) is 52.4 Å². The first-order valence-corrected chi connectivity index (χ1v) is 14.6. The molecule has 0 unspecified atom stereocenters. The predicted octanol–water partition coefficient (Wildman–Crippen LogP) is 6.12. The van der Waals surface area contributed by atoms with Crippen molar-refractivity contribution in [1.29, 1.82) is 0 Å². The van der Waals surface area contributed by atoms with Crippen molar-refractivity contribution in [3.63, 3.8) is 0 Å². The van der Waals surface area contributed by atoms with Crippen molar-refractivity contribution < 1.29 is 19.4 Å². The first-order valence-electron chi connectivity index (χ1n) is 13.4. The maximum atomic E-state index is 2.53. The van der Waals surface area contributed by atoms with Crippen molar-refractivity contribution in [3.8, 4) is 0 Å². The molecule has 0 amide bonds. The van der Waals surface area contributed by atoms with E-state index in [0.29, 0.717) is 0 Å². The van der Waals surface area contributed by atoms with E-state index in [9.17, 15) is 0 Å². The van der Waals surface area contributed by atoms with Crippen LogP contribution in [0.3, 0.4) is 0 Å². The molecular weight excluding hydrogens is 641 g/mol. The fourth-order valence-electron chi connectivity index (χ4n) is 5.33. The van der Waals surface area contributed by atoms with Gasteiger partial charge in [-0.3, -0.25) is 0 Å². The molecule has 1 fully saturated rings. The van der Waals surface area contributed by atoms with Gasteiger partial charge in [-0.05, 0) is 0 Å². The Morgan fingerprint density at radius 1 is 0.474 bits per heavy atom. The standard InChI is InChI=1S/C33H36B2N2.Pt/c1-32(2,3)26-17-21-28(22-18-26)34-35(29-23-19-27(20-24-29)33(4,5)6)37(31-15-11-8-12-16-31)25-36(34)30-13-9-7-10-14-30;/h7-24H,1-6H3;. The van der Waals surface area contributed by atoms with Gasteiger partial charge >= 0.3 is 242 Å². The average Bonchev–Trinajstić information content (AvgIpc) is 3.21. The van der Waals surface area contributed by atoms with Crippen molar-refractivity contribution >= 4 is 39.9 Å². The van der Waals surface area contributed by atoms with Crippen LogP contribution in [0.15, 0.2) is 109 Å². The molecule has 0 spiro atoms. The minimum absolute atomic E-state index is 0.111. The summed E-state index contributed by atoms with van der Waals surface area (Å²) in [4.78, 5) is 5.03. The fraction of sp³-hybridized carbons (Fsp3) is 0.242. The monoisotopic (exact) mass is 677 g/mol. The second-order valence-electron chi connectivity index (χ2n) is 12.3. The number of hydrogen-bond acceptors (Lipinski definition) is 2. The molecule has 2 nitrogen and oxygen atoms in total. The molecule has 4 aromatic rings. The summed E-state index contributed by atoms with van der Waals surface area (Å²) in [5.74, 6) is 0. The normalized spacial score (nSPS) is 14.5. The van der Waals surface area contributed by atoms with Gasteiger partial charge in [0.1, 0.15) is 0 Å². The van der Waals surface area contributed by atoms with Crippen LogP contribution in [-0.2, 0) is 30.2 Å². The van der Waals surface area contributed by atoms with Gasteiger partial charge in [-0.25, -0.2) is 0 Å². The Morgan fingerprint density at radius 2 is 0.789 bits per heavy atom. The molecule has 1 saturated heterocycles. The van der Waals surface area contributed by atoms with Gasteiger partial charge in [-0.15, -0.1) is 0 Å². The molecule has 0 aliphatic carbocycles. The van der Waals surface area contributed by atoms with Crippen LogP contribution in [0.4, 0.5) is 11.4 Å². The molecule has 5 heteroatoms. The Balaban J connectivity index is 1.71. The van der Waals surface area contributed by atoms with E-state index in [4.69, 9.17) is 0 Å². The third kappa shape index (κ3) is 5.21. The van der Waals surface area contributed by atoms with Crippen molar-refractivity contribution in [2.75, 3.05) is 9.62 Å². The molecule has 0 aromatic heterocycles. The third-order valence-corrected chi connectivity index (χ3v) is 8.62. The van der Waals surface area contributed by atoms with E-state index in [2.05, 4.69) is 180 Å². The molecule has 0 bridgehead atoms. The Kier molecular flexibility index (Phi) is 7.31. The summed E-state index contributed by atoms with van der Waals surface area (Å²) in [6.07, 6.45) is 0. The molecule has 0 radical (unpaired) electrons. The number of nitrogens with zero attached hydrogens (tertiary/aromatic N) is 2. The zero-order chi connectivity index (χ0) is 27.1. The molecule has 1 heterocycles. The molecule has 0 N–H and O–H groups in total. The van der Waals surface area contributed by atoms with Crippen molar-refractivity contribution in [1.82, 2.24) is 0 Å². The topological polar surface area (TPSA) is 6.48 Å². The molecule has 5 rings (SSSR count). The zero-order valence-corrected chi connectivity index (χ0v) is 25.5. The summed E-state index contributed by atoms with van der Waals surface area (Å²) in [7, 11) is 0. The first-order chi connectivity index (χ1) is 18.1. The summed E-state index contributed by atoms with van der Waals surface area (Å²) in [5, 5.41) is 0. The van der Waals surface area contributed by atoms with E-state index >= 15 is 0 Å². The van der Waals surface area contributed by atoms with Crippen LogP contribution >= 0.6 is 0 Å². The second-order valence-corrected chi connectivity index (χ2v) is 13.3. The van der Waals surface area contributed by atoms with Gasteiger partial charge in [-0.1, -0.05) is 0 Å². The Labute approximate surface area is 240 Å². The Hall–Kier alpha value is -2.83. The third-order valence-electron chi connectivity index (χ3n) is 7.53. The van der Waals surface area contributed by atoms with E-state index in [1.807, 2.05) is 0 Å². The van der Waals surface area contributed by atoms with Crippen LogP contribution in [0.1, 0.15) is 52.7 Å². The first kappa shape index (κ1) is 26.8. The van der Waals surface area contributed by atoms with Gasteiger partial charge < -0.3 is 0 Å². The summed E-state index contributed by atoms with van der Waals surface area (Å²) in [5.41, 5.74) is 8.00. The number of hydrogen-bond donors (Lipinski definition) is 0. The Bertz CT molecular complexity index is 1280. The van der Waals surface area contributed by atoms with Crippen LogP contribution in [0, 0.1) is 0 Å². The second kappa shape index (κ2) is 10.4. The summed E-state index contributed by atoms with van der Waals surface area (Å²) >= 11 is 2.53. The van der Waals surface area contributed by atoms with Gasteiger partial charge in [0.2, 0.25) is 0 Å². The number of benzene rings is 4. The van der Waals surface area contributed by atoms with Crippen molar-refractivity contribution in [3.05, 3.63) is 120 Å². The molecular formula is C33H36B2N2Pt. The predicted molar refractivity (Wildman–Crippen MR) is 164 cm³/mol. The number of anilines is 2. The molecule has 38 heavy (non-hydrogen) atoms. The molecule has 194 valence electrons. The van der Waals surface area contributed by atoms with Gasteiger partial charge in [0.25, 0.3) is 0 Å². The van der Waals surface area contributed by atoms with Gasteiger partial charge in [0, 0.05) is 0 Å². The Morgan fingerprint density at radius 3 is 1.08 bits per heavy atom. The van der Waals surface area contributed by atoms with Gasteiger partial charge in [0.15, 0.2) is 0 Å². The van der Waals surface area contributed by atoms with Gasteiger partial charge in [0.05, 0.1) is 0 Å². The summed E-state index contributed by atoms with van der Waals surface area (Å²) < 4.78 is 1.21. The van der Waals surface area contributed by atoms with E-state index < -0.39 is 0 Å². The molecule has 1 aliphatic heterocycles. The van der Waals surface area contributed by atoms with Crippen LogP contribution < -0.4 is 20.5 Å². The molecule has 0 saturated carbocycles. The SMILES string of the molecule is CC(C)(C)c1ccc(B2B(c3ccc(C(C)(C)C)cc3)N(c3ccccc3)[C](=[Pt])N2c2ccccc2)cc1. The van der Waals surface area contributed by atoms with E-state index in [1.54, 1.807) is 0 Å². The maximum absolute atomic E-state index is 2.53. The van der Waals surface area contributed by atoms with Gasteiger partial charge in [-0.2, -0.15) is 0 Å². The van der Waals surface area contributed by atoms with Crippen LogP contribution in [-0.4, -0.2) is 17.6 Å². The molecule has 1 aliphatic rings. The van der Waals surface area contributed by atoms with Crippen molar-refractivity contribution in [2.24, 2.45) is 0 Å². The fourth-order valence-corrected chi connectivity index (χ4v) is 6.55. The summed E-state index contributed by atoms with van der Waals surface area (Å²) in [6, 6.07) is 40.3. The molecule has 4 aromatic carbocycles. The van der Waals surface area contributed by atoms with Crippen LogP contribution in [0.25, 0.3) is 0 Å². The zero-order valence-electron chi connectivity index (χ0n) is 23.3. The minimum atomic E-state index is 0.111. The van der Waals surface area contributed by atoms with Crippen LogP contribution in [0.2, 0.25) is 0 Å². The molecule has 0 atom stereocenters. The average molecular weight is 677 g/mol. The quantitative estimate of drug-likeness (QED) is 0.241. The van der Waals surface area contributed by atoms with E-state index in [1.165, 1.54) is 37.6 Å². The van der Waals surface area contributed by atoms with E-state index in [0.717, 1.165) is 0 Å². The van der Waals surface area contributed by atoms with Crippen LogP contribution in [0.5, 0.6) is 0 Å².